The summed E-state index contributed by atoms with van der Waals surface area (Å²) in [5, 5.41) is 5.43. The molecule has 0 aliphatic rings. The lowest BCUT2D eigenvalue weighted by Gasteiger charge is -2.20. The van der Waals surface area contributed by atoms with E-state index in [2.05, 4.69) is 25.3 Å². The summed E-state index contributed by atoms with van der Waals surface area (Å²) < 4.78 is 18.2. The van der Waals surface area contributed by atoms with Crippen LogP contribution in [-0.2, 0) is 9.53 Å². The Hall–Kier alpha value is -1.92. The molecule has 0 bridgehead atoms. The summed E-state index contributed by atoms with van der Waals surface area (Å²) in [6.07, 6.45) is 1.04. The van der Waals surface area contributed by atoms with Crippen molar-refractivity contribution in [3.05, 3.63) is 12.0 Å². The fraction of sp³-hybridized carbons (Fsp3) is 0.545. The summed E-state index contributed by atoms with van der Waals surface area (Å²) in [4.78, 5) is 19.2. The van der Waals surface area contributed by atoms with Crippen molar-refractivity contribution < 1.29 is 13.9 Å². The van der Waals surface area contributed by atoms with Crippen LogP contribution in [0.1, 0.15) is 13.8 Å². The lowest BCUT2D eigenvalue weighted by atomic mass is 10.0. The van der Waals surface area contributed by atoms with Crippen molar-refractivity contribution in [2.45, 2.75) is 19.9 Å². The molecule has 1 rings (SSSR count). The largest absolute Gasteiger partial charge is 0.467 e. The van der Waals surface area contributed by atoms with Gasteiger partial charge in [0.1, 0.15) is 6.04 Å². The van der Waals surface area contributed by atoms with E-state index in [0.717, 1.165) is 6.20 Å². The number of anilines is 2. The number of hydrogen-bond acceptors (Lipinski definition) is 6. The van der Waals surface area contributed by atoms with Gasteiger partial charge in [-0.1, -0.05) is 13.8 Å². The maximum atomic E-state index is 13.5. The highest BCUT2D eigenvalue weighted by molar-refractivity contribution is 5.79. The van der Waals surface area contributed by atoms with E-state index in [1.807, 2.05) is 13.8 Å². The highest BCUT2D eigenvalue weighted by atomic mass is 19.1. The summed E-state index contributed by atoms with van der Waals surface area (Å²) in [5.41, 5.74) is 0. The summed E-state index contributed by atoms with van der Waals surface area (Å²) >= 11 is 0. The van der Waals surface area contributed by atoms with Crippen LogP contribution in [0.5, 0.6) is 0 Å². The van der Waals surface area contributed by atoms with Crippen LogP contribution >= 0.6 is 0 Å². The third-order valence-corrected chi connectivity index (χ3v) is 2.38. The SMILES string of the molecule is CNc1ncc(F)c(NC(C(=O)OC)C(C)C)n1. The predicted octanol–water partition coefficient (Wildman–Crippen LogP) is 1.27. The molecular weight excluding hydrogens is 239 g/mol. The first kappa shape index (κ1) is 14.1. The third kappa shape index (κ3) is 3.28. The number of nitrogens with zero attached hydrogens (tertiary/aromatic N) is 2. The normalized spacial score (nSPS) is 12.1. The molecule has 0 amide bonds. The molecule has 1 unspecified atom stereocenters. The molecule has 7 heteroatoms. The zero-order valence-corrected chi connectivity index (χ0v) is 10.8. The van der Waals surface area contributed by atoms with Crippen LogP contribution in [0.25, 0.3) is 0 Å². The molecule has 0 spiro atoms. The van der Waals surface area contributed by atoms with E-state index >= 15 is 0 Å². The van der Waals surface area contributed by atoms with E-state index in [1.54, 1.807) is 7.05 Å². The molecule has 0 aliphatic heterocycles. The second-order valence-corrected chi connectivity index (χ2v) is 4.03. The lowest BCUT2D eigenvalue weighted by Crippen LogP contribution is -2.36. The van der Waals surface area contributed by atoms with Crippen LogP contribution in [0.15, 0.2) is 6.20 Å². The molecule has 1 atom stereocenters. The number of rotatable bonds is 5. The van der Waals surface area contributed by atoms with Gasteiger partial charge in [-0.3, -0.25) is 0 Å². The zero-order valence-electron chi connectivity index (χ0n) is 10.8. The minimum atomic E-state index is -0.663. The number of ether oxygens (including phenoxy) is 1. The summed E-state index contributed by atoms with van der Waals surface area (Å²) in [7, 11) is 2.91. The summed E-state index contributed by atoms with van der Waals surface area (Å²) in [6.45, 7) is 3.65. The van der Waals surface area contributed by atoms with Crippen LogP contribution in [0.3, 0.4) is 0 Å². The molecule has 0 radical (unpaired) electrons. The summed E-state index contributed by atoms with van der Waals surface area (Å²) in [5.74, 6) is -0.910. The quantitative estimate of drug-likeness (QED) is 0.773. The Kier molecular flexibility index (Phi) is 4.82. The molecule has 0 saturated heterocycles. The van der Waals surface area contributed by atoms with Gasteiger partial charge in [0.25, 0.3) is 0 Å². The van der Waals surface area contributed by atoms with Gasteiger partial charge >= 0.3 is 5.97 Å². The van der Waals surface area contributed by atoms with E-state index in [1.165, 1.54) is 7.11 Å². The van der Waals surface area contributed by atoms with Gasteiger partial charge in [-0.15, -0.1) is 0 Å². The maximum Gasteiger partial charge on any atom is 0.328 e. The average molecular weight is 256 g/mol. The zero-order chi connectivity index (χ0) is 13.7. The Morgan fingerprint density at radius 3 is 2.67 bits per heavy atom. The van der Waals surface area contributed by atoms with Crippen molar-refractivity contribution >= 4 is 17.7 Å². The Labute approximate surface area is 105 Å². The van der Waals surface area contributed by atoms with Gasteiger partial charge in [0.05, 0.1) is 13.3 Å². The van der Waals surface area contributed by atoms with Crippen molar-refractivity contribution in [2.75, 3.05) is 24.8 Å². The molecule has 18 heavy (non-hydrogen) atoms. The maximum absolute atomic E-state index is 13.5. The van der Waals surface area contributed by atoms with Gasteiger partial charge in [-0.2, -0.15) is 4.98 Å². The van der Waals surface area contributed by atoms with Crippen molar-refractivity contribution in [1.82, 2.24) is 9.97 Å². The molecule has 100 valence electrons. The van der Waals surface area contributed by atoms with Crippen LogP contribution in [0.2, 0.25) is 0 Å². The first-order valence-electron chi connectivity index (χ1n) is 5.54. The minimum Gasteiger partial charge on any atom is -0.467 e. The third-order valence-electron chi connectivity index (χ3n) is 2.38. The van der Waals surface area contributed by atoms with Gasteiger partial charge in [-0.05, 0) is 5.92 Å². The molecular formula is C11H17FN4O2. The predicted molar refractivity (Wildman–Crippen MR) is 65.8 cm³/mol. The molecule has 0 aliphatic carbocycles. The monoisotopic (exact) mass is 256 g/mol. The molecule has 1 heterocycles. The fourth-order valence-corrected chi connectivity index (χ4v) is 1.36. The van der Waals surface area contributed by atoms with E-state index in [4.69, 9.17) is 0 Å². The number of halogens is 1. The number of aromatic nitrogens is 2. The molecule has 2 N–H and O–H groups in total. The first-order chi connectivity index (χ1) is 8.49. The Balaban J connectivity index is 2.96. The average Bonchev–Trinajstić information content (AvgIpc) is 2.36. The topological polar surface area (TPSA) is 76.1 Å². The van der Waals surface area contributed by atoms with Gasteiger partial charge in [0.2, 0.25) is 5.95 Å². The molecule has 0 saturated carbocycles. The van der Waals surface area contributed by atoms with Gasteiger partial charge in [0, 0.05) is 7.05 Å². The number of carbonyl (C=O) groups is 1. The highest BCUT2D eigenvalue weighted by Gasteiger charge is 2.24. The second kappa shape index (κ2) is 6.13. The van der Waals surface area contributed by atoms with Crippen LogP contribution in [0, 0.1) is 11.7 Å². The number of methoxy groups -OCH3 is 1. The van der Waals surface area contributed by atoms with E-state index < -0.39 is 17.8 Å². The van der Waals surface area contributed by atoms with E-state index in [-0.39, 0.29) is 17.7 Å². The van der Waals surface area contributed by atoms with Gasteiger partial charge < -0.3 is 15.4 Å². The summed E-state index contributed by atoms with van der Waals surface area (Å²) in [6, 6.07) is -0.663. The number of esters is 1. The fourth-order valence-electron chi connectivity index (χ4n) is 1.36. The van der Waals surface area contributed by atoms with Crippen molar-refractivity contribution in [3.63, 3.8) is 0 Å². The molecule has 1 aromatic rings. The minimum absolute atomic E-state index is 0.0292. The Morgan fingerprint density at radius 1 is 1.50 bits per heavy atom. The van der Waals surface area contributed by atoms with E-state index in [0.29, 0.717) is 0 Å². The molecule has 0 fully saturated rings. The van der Waals surface area contributed by atoms with Crippen molar-refractivity contribution in [1.29, 1.82) is 0 Å². The smallest absolute Gasteiger partial charge is 0.328 e. The van der Waals surface area contributed by atoms with Crippen LogP contribution in [0.4, 0.5) is 16.2 Å². The Morgan fingerprint density at radius 2 is 2.17 bits per heavy atom. The lowest BCUT2D eigenvalue weighted by molar-refractivity contribution is -0.142. The Bertz CT molecular complexity index is 426. The number of hydrogen-bond donors (Lipinski definition) is 2. The molecule has 1 aromatic heterocycles. The van der Waals surface area contributed by atoms with Gasteiger partial charge in [0.15, 0.2) is 11.6 Å². The van der Waals surface area contributed by atoms with Crippen molar-refractivity contribution in [3.8, 4) is 0 Å². The van der Waals surface area contributed by atoms with Crippen LogP contribution < -0.4 is 10.6 Å². The van der Waals surface area contributed by atoms with Crippen LogP contribution in [-0.4, -0.2) is 36.1 Å². The number of carbonyl (C=O) groups excluding carboxylic acids is 1. The second-order valence-electron chi connectivity index (χ2n) is 4.03. The van der Waals surface area contributed by atoms with E-state index in [9.17, 15) is 9.18 Å². The number of nitrogens with one attached hydrogen (secondary N) is 2. The standard InChI is InChI=1S/C11H17FN4O2/c1-6(2)8(10(17)18-4)15-9-7(12)5-14-11(13-3)16-9/h5-6,8H,1-4H3,(H2,13,14,15,16). The highest BCUT2D eigenvalue weighted by Crippen LogP contribution is 2.16. The van der Waals surface area contributed by atoms with Crippen molar-refractivity contribution in [2.24, 2.45) is 5.92 Å². The van der Waals surface area contributed by atoms with Gasteiger partial charge in [-0.25, -0.2) is 14.2 Å². The first-order valence-corrected chi connectivity index (χ1v) is 5.54. The molecule has 6 nitrogen and oxygen atoms in total. The molecule has 0 aromatic carbocycles.